The Kier molecular flexibility index (Phi) is 3.01. The lowest BCUT2D eigenvalue weighted by atomic mass is 10.1. The van der Waals surface area contributed by atoms with Crippen molar-refractivity contribution in [1.29, 1.82) is 0 Å². The summed E-state index contributed by atoms with van der Waals surface area (Å²) in [5.74, 6) is 2.70. The number of ether oxygens (including phenoxy) is 3. The Balaban J connectivity index is 1.89. The summed E-state index contributed by atoms with van der Waals surface area (Å²) in [6, 6.07) is 11.1. The number of hydrogen-bond donors (Lipinski definition) is 1. The van der Waals surface area contributed by atoms with E-state index in [0.29, 0.717) is 17.2 Å². The van der Waals surface area contributed by atoms with Gasteiger partial charge in [0.15, 0.2) is 11.5 Å². The fourth-order valence-corrected chi connectivity index (χ4v) is 2.00. The van der Waals surface area contributed by atoms with E-state index in [-0.39, 0.29) is 13.4 Å². The minimum atomic E-state index is -0.0540. The first kappa shape index (κ1) is 11.9. The standard InChI is InChI=1S/C15H14O4/c1-10-2-4-13(11(6-10)8-16)19-12-3-5-14-15(7-12)18-9-17-14/h2-7,16H,8-9H2,1H3. The molecule has 1 aliphatic heterocycles. The lowest BCUT2D eigenvalue weighted by Crippen LogP contribution is -1.93. The molecule has 0 saturated heterocycles. The quantitative estimate of drug-likeness (QED) is 0.919. The predicted molar refractivity (Wildman–Crippen MR) is 69.7 cm³/mol. The third-order valence-electron chi connectivity index (χ3n) is 2.96. The van der Waals surface area contributed by atoms with Gasteiger partial charge in [0.25, 0.3) is 0 Å². The van der Waals surface area contributed by atoms with Crippen molar-refractivity contribution in [2.75, 3.05) is 6.79 Å². The number of aryl methyl sites for hydroxylation is 1. The molecular formula is C15H14O4. The molecule has 2 aromatic carbocycles. The van der Waals surface area contributed by atoms with Crippen LogP contribution in [0.4, 0.5) is 0 Å². The molecule has 0 spiro atoms. The number of fused-ring (bicyclic) bond motifs is 1. The van der Waals surface area contributed by atoms with Gasteiger partial charge in [-0.1, -0.05) is 17.7 Å². The fraction of sp³-hybridized carbons (Fsp3) is 0.200. The number of hydrogen-bond acceptors (Lipinski definition) is 4. The molecule has 0 aromatic heterocycles. The Labute approximate surface area is 111 Å². The molecule has 1 heterocycles. The Morgan fingerprint density at radius 2 is 1.95 bits per heavy atom. The van der Waals surface area contributed by atoms with Gasteiger partial charge in [-0.05, 0) is 25.1 Å². The number of benzene rings is 2. The van der Waals surface area contributed by atoms with Crippen molar-refractivity contribution in [1.82, 2.24) is 0 Å². The van der Waals surface area contributed by atoms with Crippen molar-refractivity contribution in [3.05, 3.63) is 47.5 Å². The van der Waals surface area contributed by atoms with E-state index in [4.69, 9.17) is 14.2 Å². The first-order chi connectivity index (χ1) is 9.26. The molecule has 0 atom stereocenters. The highest BCUT2D eigenvalue weighted by atomic mass is 16.7. The van der Waals surface area contributed by atoms with E-state index >= 15 is 0 Å². The van der Waals surface area contributed by atoms with Gasteiger partial charge in [-0.2, -0.15) is 0 Å². The van der Waals surface area contributed by atoms with Gasteiger partial charge >= 0.3 is 0 Å². The molecule has 0 saturated carbocycles. The number of rotatable bonds is 3. The van der Waals surface area contributed by atoms with E-state index < -0.39 is 0 Å². The molecule has 3 rings (SSSR count). The van der Waals surface area contributed by atoms with Crippen molar-refractivity contribution in [2.45, 2.75) is 13.5 Å². The van der Waals surface area contributed by atoms with Gasteiger partial charge in [0.1, 0.15) is 11.5 Å². The van der Waals surface area contributed by atoms with Crippen LogP contribution in [0.2, 0.25) is 0 Å². The average molecular weight is 258 g/mol. The highest BCUT2D eigenvalue weighted by Crippen LogP contribution is 2.37. The minimum absolute atomic E-state index is 0.0540. The molecule has 0 aliphatic carbocycles. The van der Waals surface area contributed by atoms with E-state index in [0.717, 1.165) is 16.9 Å². The van der Waals surface area contributed by atoms with E-state index in [9.17, 15) is 5.11 Å². The second-order valence-corrected chi connectivity index (χ2v) is 4.39. The van der Waals surface area contributed by atoms with Gasteiger partial charge in [-0.15, -0.1) is 0 Å². The van der Waals surface area contributed by atoms with E-state index in [2.05, 4.69) is 0 Å². The van der Waals surface area contributed by atoms with E-state index in [1.165, 1.54) is 0 Å². The topological polar surface area (TPSA) is 47.9 Å². The molecule has 0 amide bonds. The summed E-state index contributed by atoms with van der Waals surface area (Å²) in [5.41, 5.74) is 1.85. The van der Waals surface area contributed by atoms with Crippen LogP contribution in [0.1, 0.15) is 11.1 Å². The smallest absolute Gasteiger partial charge is 0.231 e. The van der Waals surface area contributed by atoms with Crippen LogP contribution < -0.4 is 14.2 Å². The van der Waals surface area contributed by atoms with E-state index in [1.807, 2.05) is 37.3 Å². The molecule has 4 nitrogen and oxygen atoms in total. The van der Waals surface area contributed by atoms with Crippen LogP contribution in [0.5, 0.6) is 23.0 Å². The Bertz CT molecular complexity index is 607. The summed E-state index contributed by atoms with van der Waals surface area (Å²) in [5, 5.41) is 9.35. The number of aliphatic hydroxyl groups is 1. The van der Waals surface area contributed by atoms with Crippen LogP contribution in [0.3, 0.4) is 0 Å². The fourth-order valence-electron chi connectivity index (χ4n) is 2.00. The zero-order valence-electron chi connectivity index (χ0n) is 10.6. The third kappa shape index (κ3) is 2.35. The Hall–Kier alpha value is -2.20. The van der Waals surface area contributed by atoms with Crippen molar-refractivity contribution < 1.29 is 19.3 Å². The third-order valence-corrected chi connectivity index (χ3v) is 2.96. The zero-order valence-corrected chi connectivity index (χ0v) is 10.6. The molecule has 19 heavy (non-hydrogen) atoms. The summed E-state index contributed by atoms with van der Waals surface area (Å²) >= 11 is 0. The summed E-state index contributed by atoms with van der Waals surface area (Å²) in [6.07, 6.45) is 0. The molecule has 2 aromatic rings. The van der Waals surface area contributed by atoms with Crippen LogP contribution in [0, 0.1) is 6.92 Å². The molecule has 0 bridgehead atoms. The first-order valence-corrected chi connectivity index (χ1v) is 6.04. The maximum absolute atomic E-state index is 9.35. The molecular weight excluding hydrogens is 244 g/mol. The molecule has 1 aliphatic rings. The summed E-state index contributed by atoms with van der Waals surface area (Å²) in [6.45, 7) is 2.16. The normalized spacial score (nSPS) is 12.5. The average Bonchev–Trinajstić information content (AvgIpc) is 2.88. The zero-order chi connectivity index (χ0) is 13.2. The first-order valence-electron chi connectivity index (χ1n) is 6.04. The van der Waals surface area contributed by atoms with Crippen molar-refractivity contribution in [2.24, 2.45) is 0 Å². The Morgan fingerprint density at radius 3 is 2.79 bits per heavy atom. The second kappa shape index (κ2) is 4.82. The molecule has 0 fully saturated rings. The van der Waals surface area contributed by atoms with Gasteiger partial charge in [0.05, 0.1) is 6.61 Å². The van der Waals surface area contributed by atoms with E-state index in [1.54, 1.807) is 6.07 Å². The van der Waals surface area contributed by atoms with Crippen molar-refractivity contribution in [3.63, 3.8) is 0 Å². The lowest BCUT2D eigenvalue weighted by molar-refractivity contribution is 0.174. The van der Waals surface area contributed by atoms with Gasteiger partial charge in [0, 0.05) is 11.6 Å². The maximum atomic E-state index is 9.35. The summed E-state index contributed by atoms with van der Waals surface area (Å²) in [4.78, 5) is 0. The molecule has 0 radical (unpaired) electrons. The molecule has 1 N–H and O–H groups in total. The largest absolute Gasteiger partial charge is 0.457 e. The van der Waals surface area contributed by atoms with Crippen LogP contribution >= 0.6 is 0 Å². The van der Waals surface area contributed by atoms with Crippen molar-refractivity contribution >= 4 is 0 Å². The minimum Gasteiger partial charge on any atom is -0.457 e. The SMILES string of the molecule is Cc1ccc(Oc2ccc3c(c2)OCO3)c(CO)c1. The highest BCUT2D eigenvalue weighted by Gasteiger charge is 2.14. The monoisotopic (exact) mass is 258 g/mol. The lowest BCUT2D eigenvalue weighted by Gasteiger charge is -2.10. The molecule has 0 unspecified atom stereocenters. The van der Waals surface area contributed by atoms with Gasteiger partial charge in [-0.25, -0.2) is 0 Å². The van der Waals surface area contributed by atoms with Crippen LogP contribution in [-0.2, 0) is 6.61 Å². The summed E-state index contributed by atoms with van der Waals surface area (Å²) < 4.78 is 16.3. The number of aliphatic hydroxyl groups excluding tert-OH is 1. The van der Waals surface area contributed by atoms with Crippen LogP contribution in [-0.4, -0.2) is 11.9 Å². The van der Waals surface area contributed by atoms with Crippen LogP contribution in [0.15, 0.2) is 36.4 Å². The molecule has 4 heteroatoms. The second-order valence-electron chi connectivity index (χ2n) is 4.39. The van der Waals surface area contributed by atoms with Crippen molar-refractivity contribution in [3.8, 4) is 23.0 Å². The van der Waals surface area contributed by atoms with Gasteiger partial charge in [0.2, 0.25) is 6.79 Å². The molecule has 98 valence electrons. The highest BCUT2D eigenvalue weighted by molar-refractivity contribution is 5.49. The van der Waals surface area contributed by atoms with Gasteiger partial charge in [-0.3, -0.25) is 0 Å². The van der Waals surface area contributed by atoms with Gasteiger partial charge < -0.3 is 19.3 Å². The van der Waals surface area contributed by atoms with Crippen LogP contribution in [0.25, 0.3) is 0 Å². The maximum Gasteiger partial charge on any atom is 0.231 e. The predicted octanol–water partition coefficient (Wildman–Crippen LogP) is 3.01. The summed E-state index contributed by atoms with van der Waals surface area (Å²) in [7, 11) is 0. The Morgan fingerprint density at radius 1 is 1.11 bits per heavy atom.